The van der Waals surface area contributed by atoms with Crippen LogP contribution in [-0.2, 0) is 16.0 Å². The third kappa shape index (κ3) is 6.46. The Morgan fingerprint density at radius 1 is 1.35 bits per heavy atom. The van der Waals surface area contributed by atoms with Crippen molar-refractivity contribution < 1.29 is 13.9 Å². The van der Waals surface area contributed by atoms with E-state index in [-0.39, 0.29) is 18.0 Å². The number of nitrogens with one attached hydrogen (secondary N) is 1. The molecule has 0 saturated carbocycles. The second-order valence-corrected chi connectivity index (χ2v) is 8.44. The first-order chi connectivity index (χ1) is 15.0. The summed E-state index contributed by atoms with van der Waals surface area (Å²) in [7, 11) is 5.46. The van der Waals surface area contributed by atoms with Gasteiger partial charge in [0.25, 0.3) is 0 Å². The topological polar surface area (TPSA) is 62.2 Å². The summed E-state index contributed by atoms with van der Waals surface area (Å²) in [6.45, 7) is 6.40. The summed E-state index contributed by atoms with van der Waals surface area (Å²) in [5, 5.41) is 6.52. The van der Waals surface area contributed by atoms with Gasteiger partial charge in [0.2, 0.25) is 0 Å². The highest BCUT2D eigenvalue weighted by Crippen LogP contribution is 2.23. The number of nitrogens with zero attached hydrogens (tertiary/aromatic N) is 4. The number of hydrogen-bond acceptors (Lipinski definition) is 6. The molecule has 0 amide bonds. The van der Waals surface area contributed by atoms with Gasteiger partial charge in [-0.25, -0.2) is 9.37 Å². The van der Waals surface area contributed by atoms with Gasteiger partial charge in [-0.3, -0.25) is 9.89 Å². The molecule has 170 valence electrons. The number of morpholine rings is 1. The lowest BCUT2D eigenvalue weighted by Gasteiger charge is -2.35. The Labute approximate surface area is 187 Å². The molecule has 1 aromatic carbocycles. The molecule has 0 aliphatic carbocycles. The van der Waals surface area contributed by atoms with Crippen molar-refractivity contribution in [3.63, 3.8) is 0 Å². The normalized spacial score (nSPS) is 17.4. The lowest BCUT2D eigenvalue weighted by molar-refractivity contribution is 0.0169. The van der Waals surface area contributed by atoms with E-state index in [1.165, 1.54) is 12.1 Å². The van der Waals surface area contributed by atoms with Crippen LogP contribution < -0.4 is 5.32 Å². The number of guanidine groups is 1. The Morgan fingerprint density at radius 3 is 2.71 bits per heavy atom. The number of halogens is 1. The standard InChI is InChI=1S/C22H32FN5O2S/c1-16(29-4)21-26-19(15-31-21)14-27(3)22(24-2)25-13-20(28-9-11-30-12-10-28)17-5-7-18(23)8-6-17/h5-8,15-16,20H,9-14H2,1-4H3,(H,24,25). The van der Waals surface area contributed by atoms with Crippen LogP contribution in [-0.4, -0.2) is 74.8 Å². The number of rotatable bonds is 8. The lowest BCUT2D eigenvalue weighted by Crippen LogP contribution is -2.46. The van der Waals surface area contributed by atoms with E-state index in [1.807, 2.05) is 26.1 Å². The van der Waals surface area contributed by atoms with Gasteiger partial charge in [-0.05, 0) is 24.6 Å². The SMILES string of the molecule is CN=C(NCC(c1ccc(F)cc1)N1CCOCC1)N(C)Cc1csc(C(C)OC)n1. The average Bonchev–Trinajstić information content (AvgIpc) is 3.26. The van der Waals surface area contributed by atoms with Gasteiger partial charge in [-0.2, -0.15) is 0 Å². The van der Waals surface area contributed by atoms with Gasteiger partial charge in [-0.1, -0.05) is 12.1 Å². The van der Waals surface area contributed by atoms with Gasteiger partial charge in [0, 0.05) is 46.2 Å². The summed E-state index contributed by atoms with van der Waals surface area (Å²) in [4.78, 5) is 13.5. The number of ether oxygens (including phenoxy) is 2. The number of benzene rings is 1. The molecule has 0 bridgehead atoms. The summed E-state index contributed by atoms with van der Waals surface area (Å²) >= 11 is 1.61. The fourth-order valence-electron chi connectivity index (χ4n) is 3.61. The molecule has 9 heteroatoms. The Bertz CT molecular complexity index is 839. The third-order valence-corrected chi connectivity index (χ3v) is 6.49. The number of hydrogen-bond donors (Lipinski definition) is 1. The fourth-order valence-corrected chi connectivity index (χ4v) is 4.45. The van der Waals surface area contributed by atoms with Gasteiger partial charge in [0.1, 0.15) is 16.9 Å². The summed E-state index contributed by atoms with van der Waals surface area (Å²) in [6, 6.07) is 6.85. The molecular formula is C22H32FN5O2S. The number of thiazole rings is 1. The number of aromatic nitrogens is 1. The summed E-state index contributed by atoms with van der Waals surface area (Å²) in [6.07, 6.45) is -0.00789. The number of aliphatic imine (C=N–C) groups is 1. The smallest absolute Gasteiger partial charge is 0.193 e. The third-order valence-electron chi connectivity index (χ3n) is 5.44. The molecule has 0 radical (unpaired) electrons. The highest BCUT2D eigenvalue weighted by molar-refractivity contribution is 7.09. The second-order valence-electron chi connectivity index (χ2n) is 7.55. The fraction of sp³-hybridized carbons (Fsp3) is 0.545. The molecule has 2 atom stereocenters. The van der Waals surface area contributed by atoms with Crippen molar-refractivity contribution in [3.8, 4) is 0 Å². The minimum Gasteiger partial charge on any atom is -0.379 e. The lowest BCUT2D eigenvalue weighted by atomic mass is 10.0. The maximum absolute atomic E-state index is 13.5. The van der Waals surface area contributed by atoms with Crippen LogP contribution in [0.2, 0.25) is 0 Å². The van der Waals surface area contributed by atoms with Crippen molar-refractivity contribution in [2.75, 3.05) is 54.1 Å². The molecule has 2 unspecified atom stereocenters. The van der Waals surface area contributed by atoms with E-state index >= 15 is 0 Å². The minimum absolute atomic E-state index is 0.00789. The van der Waals surface area contributed by atoms with E-state index in [9.17, 15) is 4.39 Å². The zero-order valence-corrected chi connectivity index (χ0v) is 19.5. The van der Waals surface area contributed by atoms with Crippen LogP contribution in [0.4, 0.5) is 4.39 Å². The molecule has 1 aliphatic heterocycles. The summed E-state index contributed by atoms with van der Waals surface area (Å²) in [5.74, 6) is 0.563. The molecule has 1 aromatic heterocycles. The zero-order chi connectivity index (χ0) is 22.2. The molecule has 1 N–H and O–H groups in total. The van der Waals surface area contributed by atoms with Crippen LogP contribution in [0.1, 0.15) is 35.3 Å². The van der Waals surface area contributed by atoms with Crippen LogP contribution >= 0.6 is 11.3 Å². The van der Waals surface area contributed by atoms with Crippen molar-refractivity contribution in [1.82, 2.24) is 20.1 Å². The summed E-state index contributed by atoms with van der Waals surface area (Å²) < 4.78 is 24.3. The molecule has 0 spiro atoms. The van der Waals surface area contributed by atoms with Crippen molar-refractivity contribution in [3.05, 3.63) is 51.7 Å². The largest absolute Gasteiger partial charge is 0.379 e. The Balaban J connectivity index is 1.65. The van der Waals surface area contributed by atoms with Gasteiger partial charge in [0.05, 0.1) is 31.5 Å². The Morgan fingerprint density at radius 2 is 2.06 bits per heavy atom. The first-order valence-electron chi connectivity index (χ1n) is 10.5. The van der Waals surface area contributed by atoms with Crippen LogP contribution in [0, 0.1) is 5.82 Å². The highest BCUT2D eigenvalue weighted by Gasteiger charge is 2.23. The van der Waals surface area contributed by atoms with E-state index in [1.54, 1.807) is 25.5 Å². The van der Waals surface area contributed by atoms with Gasteiger partial charge < -0.3 is 19.7 Å². The highest BCUT2D eigenvalue weighted by atomic mass is 32.1. The summed E-state index contributed by atoms with van der Waals surface area (Å²) in [5.41, 5.74) is 2.06. The monoisotopic (exact) mass is 449 g/mol. The molecule has 3 rings (SSSR count). The quantitative estimate of drug-likeness (QED) is 0.494. The maximum atomic E-state index is 13.5. The van der Waals surface area contributed by atoms with Crippen molar-refractivity contribution in [1.29, 1.82) is 0 Å². The van der Waals surface area contributed by atoms with Crippen molar-refractivity contribution >= 4 is 17.3 Å². The second kappa shape index (κ2) is 11.5. The van der Waals surface area contributed by atoms with Gasteiger partial charge in [-0.15, -0.1) is 11.3 Å². The molecule has 2 heterocycles. The first-order valence-corrected chi connectivity index (χ1v) is 11.4. The zero-order valence-electron chi connectivity index (χ0n) is 18.7. The predicted octanol–water partition coefficient (Wildman–Crippen LogP) is 3.07. The Kier molecular flexibility index (Phi) is 8.77. The van der Waals surface area contributed by atoms with Crippen LogP contribution in [0.5, 0.6) is 0 Å². The Hall–Kier alpha value is -2.07. The van der Waals surface area contributed by atoms with E-state index in [0.717, 1.165) is 35.3 Å². The van der Waals surface area contributed by atoms with Gasteiger partial charge >= 0.3 is 0 Å². The maximum Gasteiger partial charge on any atom is 0.193 e. The van der Waals surface area contributed by atoms with E-state index in [2.05, 4.69) is 30.5 Å². The number of methoxy groups -OCH3 is 1. The van der Waals surface area contributed by atoms with Crippen molar-refractivity contribution in [2.24, 2.45) is 4.99 Å². The van der Waals surface area contributed by atoms with Crippen LogP contribution in [0.25, 0.3) is 0 Å². The average molecular weight is 450 g/mol. The van der Waals surface area contributed by atoms with Crippen LogP contribution in [0.15, 0.2) is 34.6 Å². The molecule has 1 fully saturated rings. The molecular weight excluding hydrogens is 417 g/mol. The van der Waals surface area contributed by atoms with E-state index in [4.69, 9.17) is 9.47 Å². The van der Waals surface area contributed by atoms with Gasteiger partial charge in [0.15, 0.2) is 5.96 Å². The van der Waals surface area contributed by atoms with E-state index < -0.39 is 0 Å². The predicted molar refractivity (Wildman–Crippen MR) is 122 cm³/mol. The molecule has 1 aliphatic rings. The van der Waals surface area contributed by atoms with Crippen molar-refractivity contribution in [2.45, 2.75) is 25.6 Å². The minimum atomic E-state index is -0.224. The van der Waals surface area contributed by atoms with Crippen LogP contribution in [0.3, 0.4) is 0 Å². The molecule has 7 nitrogen and oxygen atoms in total. The molecule has 1 saturated heterocycles. The first kappa shape index (κ1) is 23.6. The molecule has 31 heavy (non-hydrogen) atoms. The molecule has 2 aromatic rings. The van der Waals surface area contributed by atoms with E-state index in [0.29, 0.717) is 26.3 Å².